The molecule has 2 aromatic carbocycles. The van der Waals surface area contributed by atoms with Gasteiger partial charge in [0, 0.05) is 10.6 Å². The quantitative estimate of drug-likeness (QED) is 0.407. The zero-order chi connectivity index (χ0) is 18.6. The summed E-state index contributed by atoms with van der Waals surface area (Å²) in [6.07, 6.45) is -1.23. The molecule has 1 amide bonds. The summed E-state index contributed by atoms with van der Waals surface area (Å²) in [6, 6.07) is 13.3. The molecule has 0 bridgehead atoms. The molecule has 0 aliphatic carbocycles. The fourth-order valence-electron chi connectivity index (χ4n) is 1.89. The Morgan fingerprint density at radius 3 is 2.28 bits per heavy atom. The lowest BCUT2D eigenvalue weighted by Crippen LogP contribution is -2.43. The Morgan fingerprint density at radius 1 is 1.08 bits per heavy atom. The van der Waals surface area contributed by atoms with Gasteiger partial charge in [0.15, 0.2) is 6.17 Å². The molecule has 25 heavy (non-hydrogen) atoms. The van der Waals surface area contributed by atoms with Crippen LogP contribution in [-0.2, 0) is 0 Å². The van der Waals surface area contributed by atoms with E-state index in [0.29, 0.717) is 10.6 Å². The van der Waals surface area contributed by atoms with E-state index in [4.69, 9.17) is 63.7 Å². The summed E-state index contributed by atoms with van der Waals surface area (Å²) in [5.41, 5.74) is 6.73. The molecule has 0 fully saturated rings. The topological polar surface area (TPSA) is 67.5 Å². The van der Waals surface area contributed by atoms with Gasteiger partial charge in [0.2, 0.25) is 3.79 Å². The molecule has 0 radical (unpaired) electrons. The van der Waals surface area contributed by atoms with Gasteiger partial charge < -0.3 is 11.1 Å². The van der Waals surface area contributed by atoms with Crippen LogP contribution < -0.4 is 11.1 Å². The van der Waals surface area contributed by atoms with E-state index in [9.17, 15) is 4.79 Å². The van der Waals surface area contributed by atoms with Crippen molar-refractivity contribution in [1.82, 2.24) is 5.32 Å². The number of alkyl halides is 3. The van der Waals surface area contributed by atoms with Gasteiger partial charge in [0.05, 0.1) is 10.6 Å². The van der Waals surface area contributed by atoms with Crippen molar-refractivity contribution in [2.75, 3.05) is 0 Å². The molecule has 0 aliphatic heterocycles. The lowest BCUT2D eigenvalue weighted by atomic mass is 10.2. The predicted octanol–water partition coefficient (Wildman–Crippen LogP) is 4.83. The maximum Gasteiger partial charge on any atom is 0.254 e. The molecule has 1 unspecified atom stereocenters. The molecule has 4 nitrogen and oxygen atoms in total. The van der Waals surface area contributed by atoms with Crippen LogP contribution in [0.15, 0.2) is 53.5 Å². The monoisotopic (exact) mass is 437 g/mol. The molecule has 1 atom stereocenters. The third-order valence-electron chi connectivity index (χ3n) is 3.09. The van der Waals surface area contributed by atoms with Crippen molar-refractivity contribution in [2.45, 2.75) is 9.96 Å². The highest BCUT2D eigenvalue weighted by Crippen LogP contribution is 2.32. The number of hydrogen-bond acceptors (Lipinski definition) is 2. The Kier molecular flexibility index (Phi) is 6.83. The number of carbonyl (C=O) groups is 1. The normalized spacial score (nSPS) is 13.4. The number of nitrogens with two attached hydrogens (primary N) is 1. The van der Waals surface area contributed by atoms with Gasteiger partial charge in [-0.15, -0.1) is 0 Å². The molecule has 9 heteroatoms. The number of nitrogens with one attached hydrogen (secondary N) is 1. The van der Waals surface area contributed by atoms with E-state index in [1.54, 1.807) is 24.3 Å². The van der Waals surface area contributed by atoms with Crippen molar-refractivity contribution in [1.29, 1.82) is 0 Å². The number of rotatable bonds is 4. The Morgan fingerprint density at radius 2 is 1.72 bits per heavy atom. The van der Waals surface area contributed by atoms with Gasteiger partial charge in [-0.25, -0.2) is 4.99 Å². The Labute approximate surface area is 169 Å². The predicted molar refractivity (Wildman–Crippen MR) is 105 cm³/mol. The highest BCUT2D eigenvalue weighted by molar-refractivity contribution is 6.68. The molecule has 2 aromatic rings. The molecule has 2 rings (SSSR count). The molecular formula is C16H12Cl5N3O. The minimum atomic E-state index is -1.92. The SMILES string of the molecule is NC(=NC(NC(=O)c1ccc(Cl)cc1Cl)C(Cl)(Cl)Cl)c1ccccc1. The largest absolute Gasteiger partial charge is 0.383 e. The number of nitrogens with zero attached hydrogens (tertiary/aromatic N) is 1. The first-order valence-electron chi connectivity index (χ1n) is 6.90. The van der Waals surface area contributed by atoms with Crippen LogP contribution in [0.2, 0.25) is 10.0 Å². The number of amides is 1. The molecule has 0 saturated carbocycles. The zero-order valence-electron chi connectivity index (χ0n) is 12.5. The van der Waals surface area contributed by atoms with Gasteiger partial charge in [0.1, 0.15) is 5.84 Å². The maximum atomic E-state index is 12.4. The Bertz CT molecular complexity index is 790. The molecule has 0 spiro atoms. The smallest absolute Gasteiger partial charge is 0.254 e. The van der Waals surface area contributed by atoms with Crippen LogP contribution in [0.3, 0.4) is 0 Å². The maximum absolute atomic E-state index is 12.4. The lowest BCUT2D eigenvalue weighted by Gasteiger charge is -2.23. The fraction of sp³-hybridized carbons (Fsp3) is 0.125. The van der Waals surface area contributed by atoms with Crippen molar-refractivity contribution in [3.63, 3.8) is 0 Å². The van der Waals surface area contributed by atoms with Crippen LogP contribution in [-0.4, -0.2) is 21.7 Å². The van der Waals surface area contributed by atoms with E-state index in [1.165, 1.54) is 18.2 Å². The average molecular weight is 440 g/mol. The van der Waals surface area contributed by atoms with E-state index >= 15 is 0 Å². The van der Waals surface area contributed by atoms with Gasteiger partial charge in [-0.1, -0.05) is 88.3 Å². The van der Waals surface area contributed by atoms with Crippen molar-refractivity contribution in [3.8, 4) is 0 Å². The molecule has 0 saturated heterocycles. The van der Waals surface area contributed by atoms with Gasteiger partial charge in [-0.05, 0) is 18.2 Å². The first kappa shape index (κ1) is 20.1. The number of benzene rings is 2. The standard InChI is InChI=1S/C16H12Cl5N3O/c17-10-6-7-11(12(18)8-10)14(25)24-15(16(19,20)21)23-13(22)9-4-2-1-3-5-9/h1-8,15H,(H2,22,23)(H,24,25). The molecular weight excluding hydrogens is 427 g/mol. The number of amidine groups is 1. The van der Waals surface area contributed by atoms with Crippen molar-refractivity contribution in [2.24, 2.45) is 10.7 Å². The van der Waals surface area contributed by atoms with Crippen molar-refractivity contribution in [3.05, 3.63) is 69.7 Å². The van der Waals surface area contributed by atoms with E-state index in [0.717, 1.165) is 0 Å². The van der Waals surface area contributed by atoms with Crippen LogP contribution in [0, 0.1) is 0 Å². The summed E-state index contributed by atoms with van der Waals surface area (Å²) in [4.78, 5) is 16.6. The summed E-state index contributed by atoms with van der Waals surface area (Å²) in [6.45, 7) is 0. The second-order valence-electron chi connectivity index (χ2n) is 4.92. The molecule has 132 valence electrons. The molecule has 3 N–H and O–H groups in total. The number of halogens is 5. The summed E-state index contributed by atoms with van der Waals surface area (Å²) in [5.74, 6) is -0.470. The zero-order valence-corrected chi connectivity index (χ0v) is 16.3. The van der Waals surface area contributed by atoms with Crippen LogP contribution in [0.25, 0.3) is 0 Å². The number of aliphatic imine (C=N–C) groups is 1. The van der Waals surface area contributed by atoms with Crippen LogP contribution in [0.1, 0.15) is 15.9 Å². The first-order valence-corrected chi connectivity index (χ1v) is 8.79. The third kappa shape index (κ3) is 5.66. The van der Waals surface area contributed by atoms with Crippen LogP contribution in [0.5, 0.6) is 0 Å². The van der Waals surface area contributed by atoms with E-state index < -0.39 is 15.9 Å². The number of carbonyl (C=O) groups excluding carboxylic acids is 1. The van der Waals surface area contributed by atoms with Crippen molar-refractivity contribution < 1.29 is 4.79 Å². The van der Waals surface area contributed by atoms with E-state index in [2.05, 4.69) is 10.3 Å². The highest BCUT2D eigenvalue weighted by Gasteiger charge is 2.34. The minimum Gasteiger partial charge on any atom is -0.383 e. The van der Waals surface area contributed by atoms with Crippen LogP contribution >= 0.6 is 58.0 Å². The Hall–Kier alpha value is -1.17. The van der Waals surface area contributed by atoms with E-state index in [-0.39, 0.29) is 16.4 Å². The first-order chi connectivity index (χ1) is 11.7. The van der Waals surface area contributed by atoms with Gasteiger partial charge in [0.25, 0.3) is 5.91 Å². The lowest BCUT2D eigenvalue weighted by molar-refractivity contribution is 0.0939. The summed E-state index contributed by atoms with van der Waals surface area (Å²) < 4.78 is -1.92. The minimum absolute atomic E-state index is 0.111. The summed E-state index contributed by atoms with van der Waals surface area (Å²) in [5, 5.41) is 3.06. The summed E-state index contributed by atoms with van der Waals surface area (Å²) in [7, 11) is 0. The fourth-order valence-corrected chi connectivity index (χ4v) is 2.69. The Balaban J connectivity index is 2.28. The third-order valence-corrected chi connectivity index (χ3v) is 4.26. The van der Waals surface area contributed by atoms with Gasteiger partial charge in [-0.3, -0.25) is 4.79 Å². The van der Waals surface area contributed by atoms with Crippen molar-refractivity contribution >= 4 is 69.7 Å². The summed E-state index contributed by atoms with van der Waals surface area (Å²) >= 11 is 29.6. The van der Waals surface area contributed by atoms with E-state index in [1.807, 2.05) is 6.07 Å². The van der Waals surface area contributed by atoms with Crippen LogP contribution in [0.4, 0.5) is 0 Å². The second-order valence-corrected chi connectivity index (χ2v) is 8.13. The molecule has 0 aliphatic rings. The second kappa shape index (κ2) is 8.47. The van der Waals surface area contributed by atoms with Gasteiger partial charge in [-0.2, -0.15) is 0 Å². The number of hydrogen-bond donors (Lipinski definition) is 2. The molecule has 0 aromatic heterocycles. The highest BCUT2D eigenvalue weighted by atomic mass is 35.6. The molecule has 0 heterocycles. The average Bonchev–Trinajstić information content (AvgIpc) is 2.54. The van der Waals surface area contributed by atoms with Gasteiger partial charge >= 0.3 is 0 Å².